The third kappa shape index (κ3) is 8.79. The molecule has 12 nitrogen and oxygen atoms in total. The van der Waals surface area contributed by atoms with E-state index in [-0.39, 0.29) is 24.5 Å². The van der Waals surface area contributed by atoms with Crippen molar-refractivity contribution in [3.05, 3.63) is 36.0 Å². The fraction of sp³-hybridized carbons (Fsp3) is 0.458. The largest absolute Gasteiger partial charge is 0.481 e. The maximum absolute atomic E-state index is 13.1. The molecule has 0 aliphatic heterocycles. The quantitative estimate of drug-likeness (QED) is 0.155. The van der Waals surface area contributed by atoms with Crippen molar-refractivity contribution in [2.24, 2.45) is 11.7 Å². The molecule has 0 aliphatic rings. The number of fused-ring (bicyclic) bond motifs is 1. The van der Waals surface area contributed by atoms with Gasteiger partial charge in [-0.15, -0.1) is 0 Å². The average molecular weight is 536 g/mol. The number of aromatic amines is 1. The van der Waals surface area contributed by atoms with Gasteiger partial charge in [0.2, 0.25) is 17.7 Å². The second-order valence-corrected chi connectivity index (χ2v) is 9.47. The standard InChI is InChI=1S/C24H33N5O7S/c1-12(2)7-17(28-23(34)18(9-20(30)31)27-21(32)15(25)11-37)22(33)29-19(24(35)36)8-13-10-26-16-6-4-3-5-14(13)16/h3-6,10,12,15,17-19,26,37H,7-9,11,25H2,1-2H3,(H,27,32)(H,28,34)(H,29,33)(H,30,31)(H,35,36). The van der Waals surface area contributed by atoms with Crippen LogP contribution in [0.3, 0.4) is 0 Å². The van der Waals surface area contributed by atoms with E-state index in [2.05, 4.69) is 33.6 Å². The van der Waals surface area contributed by atoms with Crippen LogP contribution in [0.1, 0.15) is 32.3 Å². The minimum atomic E-state index is -1.50. The number of hydrogen-bond donors (Lipinski definition) is 8. The Balaban J connectivity index is 2.19. The molecule has 0 aliphatic carbocycles. The van der Waals surface area contributed by atoms with Gasteiger partial charge in [0.05, 0.1) is 12.5 Å². The molecule has 0 bridgehead atoms. The number of amides is 3. The van der Waals surface area contributed by atoms with E-state index >= 15 is 0 Å². The first-order chi connectivity index (χ1) is 17.4. The molecule has 1 aromatic carbocycles. The van der Waals surface area contributed by atoms with Gasteiger partial charge in [-0.3, -0.25) is 19.2 Å². The van der Waals surface area contributed by atoms with Gasteiger partial charge in [-0.2, -0.15) is 12.6 Å². The van der Waals surface area contributed by atoms with Crippen LogP contribution in [0.5, 0.6) is 0 Å². The second kappa shape index (κ2) is 13.7. The van der Waals surface area contributed by atoms with E-state index < -0.39 is 60.2 Å². The molecular weight excluding hydrogens is 502 g/mol. The lowest BCUT2D eigenvalue weighted by Crippen LogP contribution is -2.58. The first-order valence-electron chi connectivity index (χ1n) is 11.7. The summed E-state index contributed by atoms with van der Waals surface area (Å²) >= 11 is 3.91. The molecule has 202 valence electrons. The summed E-state index contributed by atoms with van der Waals surface area (Å²) in [4.78, 5) is 64.4. The molecule has 3 amide bonds. The lowest BCUT2D eigenvalue weighted by atomic mass is 10.0. The van der Waals surface area contributed by atoms with Crippen LogP contribution in [0.2, 0.25) is 0 Å². The number of rotatable bonds is 14. The van der Waals surface area contributed by atoms with E-state index in [1.54, 1.807) is 20.0 Å². The zero-order valence-corrected chi connectivity index (χ0v) is 21.5. The monoisotopic (exact) mass is 535 g/mol. The first kappa shape index (κ1) is 29.6. The van der Waals surface area contributed by atoms with Crippen molar-refractivity contribution in [3.63, 3.8) is 0 Å². The van der Waals surface area contributed by atoms with Crippen LogP contribution < -0.4 is 21.7 Å². The number of H-pyrrole nitrogens is 1. The Morgan fingerprint density at radius 1 is 0.946 bits per heavy atom. The van der Waals surface area contributed by atoms with Crippen LogP contribution in [0.4, 0.5) is 0 Å². The van der Waals surface area contributed by atoms with Gasteiger partial charge < -0.3 is 36.9 Å². The van der Waals surface area contributed by atoms with Crippen molar-refractivity contribution in [1.29, 1.82) is 0 Å². The minimum absolute atomic E-state index is 0.00720. The van der Waals surface area contributed by atoms with E-state index in [1.807, 2.05) is 24.3 Å². The molecule has 0 saturated heterocycles. The Morgan fingerprint density at radius 3 is 2.14 bits per heavy atom. The SMILES string of the molecule is CC(C)CC(NC(=O)C(CC(=O)O)NC(=O)C(N)CS)C(=O)NC(Cc1c[nH]c2ccccc12)C(=O)O. The van der Waals surface area contributed by atoms with Crippen molar-refractivity contribution in [1.82, 2.24) is 20.9 Å². The van der Waals surface area contributed by atoms with Gasteiger partial charge in [0.25, 0.3) is 0 Å². The predicted molar refractivity (Wildman–Crippen MR) is 139 cm³/mol. The molecule has 13 heteroatoms. The molecule has 8 N–H and O–H groups in total. The Bertz CT molecular complexity index is 1140. The van der Waals surface area contributed by atoms with E-state index in [1.165, 1.54) is 0 Å². The molecule has 1 aromatic heterocycles. The molecule has 0 fully saturated rings. The zero-order chi connectivity index (χ0) is 27.7. The van der Waals surface area contributed by atoms with Gasteiger partial charge in [-0.1, -0.05) is 32.0 Å². The lowest BCUT2D eigenvalue weighted by Gasteiger charge is -2.25. The Kier molecular flexibility index (Phi) is 10.9. The van der Waals surface area contributed by atoms with Crippen LogP contribution in [-0.2, 0) is 30.4 Å². The van der Waals surface area contributed by atoms with E-state index in [0.29, 0.717) is 5.56 Å². The van der Waals surface area contributed by atoms with E-state index in [9.17, 15) is 34.2 Å². The molecule has 4 atom stereocenters. The molecule has 1 heterocycles. The topological polar surface area (TPSA) is 204 Å². The number of hydrogen-bond acceptors (Lipinski definition) is 7. The summed E-state index contributed by atoms with van der Waals surface area (Å²) in [7, 11) is 0. The number of carbonyl (C=O) groups is 5. The van der Waals surface area contributed by atoms with Crippen LogP contribution in [-0.4, -0.2) is 74.8 Å². The van der Waals surface area contributed by atoms with Crippen LogP contribution >= 0.6 is 12.6 Å². The van der Waals surface area contributed by atoms with Gasteiger partial charge in [0.1, 0.15) is 18.1 Å². The number of nitrogens with one attached hydrogen (secondary N) is 4. The number of carboxylic acid groups (broad SMARTS) is 2. The summed E-state index contributed by atoms with van der Waals surface area (Å²) in [5.74, 6) is -5.16. The number of nitrogens with two attached hydrogens (primary N) is 1. The molecule has 0 saturated carbocycles. The van der Waals surface area contributed by atoms with Crippen molar-refractivity contribution >= 4 is 53.2 Å². The number of carboxylic acids is 2. The minimum Gasteiger partial charge on any atom is -0.481 e. The fourth-order valence-electron chi connectivity index (χ4n) is 3.71. The number of thiol groups is 1. The summed E-state index contributed by atoms with van der Waals surface area (Å²) in [5.41, 5.74) is 7.11. The number of aliphatic carboxylic acids is 2. The maximum atomic E-state index is 13.1. The van der Waals surface area contributed by atoms with Crippen molar-refractivity contribution in [2.45, 2.75) is 57.3 Å². The number of aromatic nitrogens is 1. The summed E-state index contributed by atoms with van der Waals surface area (Å²) in [6, 6.07) is 2.30. The molecule has 37 heavy (non-hydrogen) atoms. The lowest BCUT2D eigenvalue weighted by molar-refractivity contribution is -0.143. The third-order valence-corrected chi connectivity index (χ3v) is 5.99. The summed E-state index contributed by atoms with van der Waals surface area (Å²) in [6.45, 7) is 3.60. The molecule has 2 rings (SSSR count). The zero-order valence-electron chi connectivity index (χ0n) is 20.6. The highest BCUT2D eigenvalue weighted by molar-refractivity contribution is 7.80. The average Bonchev–Trinajstić information content (AvgIpc) is 3.24. The van der Waals surface area contributed by atoms with Gasteiger partial charge in [-0.25, -0.2) is 4.79 Å². The Hall–Kier alpha value is -3.58. The number of para-hydroxylation sites is 1. The molecule has 2 aromatic rings. The van der Waals surface area contributed by atoms with Crippen LogP contribution in [0, 0.1) is 5.92 Å². The van der Waals surface area contributed by atoms with Crippen molar-refractivity contribution < 1.29 is 34.2 Å². The summed E-state index contributed by atoms with van der Waals surface area (Å²) in [6.07, 6.45) is 1.06. The Morgan fingerprint density at radius 2 is 1.54 bits per heavy atom. The van der Waals surface area contributed by atoms with Gasteiger partial charge in [0, 0.05) is 29.3 Å². The molecule has 0 spiro atoms. The highest BCUT2D eigenvalue weighted by Crippen LogP contribution is 2.19. The third-order valence-electron chi connectivity index (χ3n) is 5.60. The number of benzene rings is 1. The molecule has 4 unspecified atom stereocenters. The first-order valence-corrected chi connectivity index (χ1v) is 12.3. The molecule has 0 radical (unpaired) electrons. The van der Waals surface area contributed by atoms with E-state index in [4.69, 9.17) is 5.73 Å². The fourth-order valence-corrected chi connectivity index (χ4v) is 3.88. The predicted octanol–water partition coefficient (Wildman–Crippen LogP) is 0.0273. The number of carbonyl (C=O) groups excluding carboxylic acids is 3. The van der Waals surface area contributed by atoms with E-state index in [0.717, 1.165) is 10.9 Å². The highest BCUT2D eigenvalue weighted by atomic mass is 32.1. The van der Waals surface area contributed by atoms with Crippen LogP contribution in [0.25, 0.3) is 10.9 Å². The normalized spacial score (nSPS) is 14.4. The van der Waals surface area contributed by atoms with Gasteiger partial charge in [0.15, 0.2) is 0 Å². The Labute approximate surface area is 219 Å². The smallest absolute Gasteiger partial charge is 0.326 e. The maximum Gasteiger partial charge on any atom is 0.326 e. The van der Waals surface area contributed by atoms with Crippen molar-refractivity contribution in [2.75, 3.05) is 5.75 Å². The van der Waals surface area contributed by atoms with Crippen LogP contribution in [0.15, 0.2) is 30.5 Å². The van der Waals surface area contributed by atoms with Gasteiger partial charge >= 0.3 is 11.9 Å². The molecular formula is C24H33N5O7S. The summed E-state index contributed by atoms with van der Waals surface area (Å²) in [5, 5.41) is 27.0. The highest BCUT2D eigenvalue weighted by Gasteiger charge is 2.32. The summed E-state index contributed by atoms with van der Waals surface area (Å²) < 4.78 is 0. The second-order valence-electron chi connectivity index (χ2n) is 9.10. The van der Waals surface area contributed by atoms with Crippen molar-refractivity contribution in [3.8, 4) is 0 Å². The van der Waals surface area contributed by atoms with Gasteiger partial charge in [-0.05, 0) is 24.0 Å².